The Morgan fingerprint density at radius 3 is 2.69 bits per heavy atom. The molecule has 1 aromatic rings. The Labute approximate surface area is 98.9 Å². The summed E-state index contributed by atoms with van der Waals surface area (Å²) >= 11 is 1.34. The van der Waals surface area contributed by atoms with Crippen LogP contribution in [0.15, 0.2) is 12.1 Å². The molecule has 80 valence electrons. The van der Waals surface area contributed by atoms with Crippen LogP contribution in [0.4, 0.5) is 0 Å². The first-order chi connectivity index (χ1) is 7.77. The topological polar surface area (TPSA) is 40.5 Å². The fraction of sp³-hybridized carbons (Fsp3) is 0.231. The molecule has 2 N–H and O–H groups in total. The molecular formula is C13H10O2S. The van der Waals surface area contributed by atoms with Gasteiger partial charge in [-0.1, -0.05) is 5.92 Å². The Morgan fingerprint density at radius 2 is 2.00 bits per heavy atom. The molecule has 1 atom stereocenters. The summed E-state index contributed by atoms with van der Waals surface area (Å²) in [6, 6.07) is 3.54. The minimum absolute atomic E-state index is 0.278. The van der Waals surface area contributed by atoms with Gasteiger partial charge in [0.1, 0.15) is 6.10 Å². The number of aliphatic hydroxyl groups excluding tert-OH is 2. The van der Waals surface area contributed by atoms with E-state index in [1.165, 1.54) is 11.3 Å². The van der Waals surface area contributed by atoms with E-state index in [0.29, 0.717) is 4.88 Å². The molecule has 1 unspecified atom stereocenters. The molecule has 0 bridgehead atoms. The summed E-state index contributed by atoms with van der Waals surface area (Å²) in [5.41, 5.74) is 0. The van der Waals surface area contributed by atoms with Crippen LogP contribution < -0.4 is 0 Å². The lowest BCUT2D eigenvalue weighted by Crippen LogP contribution is -1.98. The van der Waals surface area contributed by atoms with Gasteiger partial charge in [-0.3, -0.25) is 0 Å². The van der Waals surface area contributed by atoms with Gasteiger partial charge in [-0.2, -0.15) is 0 Å². The zero-order valence-corrected chi connectivity index (χ0v) is 9.56. The van der Waals surface area contributed by atoms with Crippen LogP contribution in [-0.2, 0) is 0 Å². The molecule has 1 rings (SSSR count). The van der Waals surface area contributed by atoms with Crippen molar-refractivity contribution in [3.63, 3.8) is 0 Å². The Balaban J connectivity index is 2.72. The molecule has 0 saturated carbocycles. The van der Waals surface area contributed by atoms with E-state index in [2.05, 4.69) is 35.5 Å². The van der Waals surface area contributed by atoms with E-state index in [0.717, 1.165) is 4.88 Å². The molecule has 0 spiro atoms. The van der Waals surface area contributed by atoms with Crippen molar-refractivity contribution < 1.29 is 10.2 Å². The van der Waals surface area contributed by atoms with Gasteiger partial charge in [-0.05, 0) is 48.7 Å². The minimum atomic E-state index is -0.822. The second kappa shape index (κ2) is 6.72. The smallest absolute Gasteiger partial charge is 0.111 e. The molecule has 1 heterocycles. The predicted octanol–water partition coefficient (Wildman–Crippen LogP) is 1.15. The Morgan fingerprint density at radius 1 is 1.25 bits per heavy atom. The molecule has 2 nitrogen and oxygen atoms in total. The maximum Gasteiger partial charge on any atom is 0.111 e. The lowest BCUT2D eigenvalue weighted by molar-refractivity contribution is 0.0984. The van der Waals surface area contributed by atoms with Crippen LogP contribution in [0.25, 0.3) is 0 Å². The van der Waals surface area contributed by atoms with E-state index in [-0.39, 0.29) is 6.61 Å². The van der Waals surface area contributed by atoms with Crippen molar-refractivity contribution in [2.75, 3.05) is 6.61 Å². The molecule has 0 fully saturated rings. The normalized spacial score (nSPS) is 9.94. The first-order valence-electron chi connectivity index (χ1n) is 4.59. The van der Waals surface area contributed by atoms with E-state index < -0.39 is 6.10 Å². The standard InChI is InChI=1S/C13H10O2S/c1-2-3-4-5-6-7-11-8-9-13(16-11)12(15)10-14/h8-9,12,14-15H,10H2,1H3. The van der Waals surface area contributed by atoms with Gasteiger partial charge in [0, 0.05) is 4.88 Å². The van der Waals surface area contributed by atoms with Crippen LogP contribution in [-0.4, -0.2) is 16.8 Å². The summed E-state index contributed by atoms with van der Waals surface area (Å²) in [6.45, 7) is 1.43. The van der Waals surface area contributed by atoms with Crippen molar-refractivity contribution in [3.8, 4) is 35.5 Å². The van der Waals surface area contributed by atoms with E-state index >= 15 is 0 Å². The predicted molar refractivity (Wildman–Crippen MR) is 64.5 cm³/mol. The molecular weight excluding hydrogens is 220 g/mol. The van der Waals surface area contributed by atoms with Crippen molar-refractivity contribution in [2.24, 2.45) is 0 Å². The highest BCUT2D eigenvalue weighted by Crippen LogP contribution is 2.22. The molecule has 0 aliphatic heterocycles. The molecule has 3 heteroatoms. The second-order valence-corrected chi connectivity index (χ2v) is 3.89. The molecule has 0 aliphatic rings. The summed E-state index contributed by atoms with van der Waals surface area (Å²) in [4.78, 5) is 1.51. The van der Waals surface area contributed by atoms with Crippen molar-refractivity contribution in [2.45, 2.75) is 13.0 Å². The van der Waals surface area contributed by atoms with E-state index in [9.17, 15) is 5.11 Å². The molecule has 1 aromatic heterocycles. The molecule has 0 radical (unpaired) electrons. The van der Waals surface area contributed by atoms with Crippen LogP contribution >= 0.6 is 11.3 Å². The average Bonchev–Trinajstić information content (AvgIpc) is 2.76. The number of hydrogen-bond acceptors (Lipinski definition) is 3. The highest BCUT2D eigenvalue weighted by Gasteiger charge is 2.07. The van der Waals surface area contributed by atoms with Gasteiger partial charge in [0.05, 0.1) is 11.5 Å². The average molecular weight is 230 g/mol. The van der Waals surface area contributed by atoms with Gasteiger partial charge in [0.2, 0.25) is 0 Å². The van der Waals surface area contributed by atoms with Crippen molar-refractivity contribution in [1.29, 1.82) is 0 Å². The number of thiophene rings is 1. The third kappa shape index (κ3) is 3.81. The number of hydrogen-bond donors (Lipinski definition) is 2. The molecule has 0 aromatic carbocycles. The molecule has 16 heavy (non-hydrogen) atoms. The summed E-state index contributed by atoms with van der Waals surface area (Å²) in [5.74, 6) is 15.9. The maximum absolute atomic E-state index is 9.35. The molecule has 0 amide bonds. The Hall–Kier alpha value is -1.70. The molecule has 0 saturated heterocycles. The van der Waals surface area contributed by atoms with Crippen LogP contribution in [0.5, 0.6) is 0 Å². The van der Waals surface area contributed by atoms with Crippen LogP contribution in [0.2, 0.25) is 0 Å². The number of aliphatic hydroxyl groups is 2. The minimum Gasteiger partial charge on any atom is -0.393 e. The fourth-order valence-electron chi connectivity index (χ4n) is 0.907. The Kier molecular flexibility index (Phi) is 5.20. The zero-order chi connectivity index (χ0) is 11.8. The van der Waals surface area contributed by atoms with E-state index in [1.807, 2.05) is 0 Å². The highest BCUT2D eigenvalue weighted by molar-refractivity contribution is 7.12. The van der Waals surface area contributed by atoms with Crippen LogP contribution in [0, 0.1) is 35.5 Å². The lowest BCUT2D eigenvalue weighted by Gasteiger charge is -2.00. The zero-order valence-electron chi connectivity index (χ0n) is 8.74. The fourth-order valence-corrected chi connectivity index (χ4v) is 1.75. The van der Waals surface area contributed by atoms with Gasteiger partial charge in [-0.25, -0.2) is 0 Å². The summed E-state index contributed by atoms with van der Waals surface area (Å²) in [7, 11) is 0. The van der Waals surface area contributed by atoms with Crippen molar-refractivity contribution in [3.05, 3.63) is 21.9 Å². The van der Waals surface area contributed by atoms with Crippen LogP contribution in [0.1, 0.15) is 22.8 Å². The van der Waals surface area contributed by atoms with Gasteiger partial charge in [-0.15, -0.1) is 11.3 Å². The SMILES string of the molecule is CC#CC#CC#Cc1ccc(C(O)CO)s1. The summed E-state index contributed by atoms with van der Waals surface area (Å²) in [6.07, 6.45) is -0.822. The monoisotopic (exact) mass is 230 g/mol. The highest BCUT2D eigenvalue weighted by atomic mass is 32.1. The van der Waals surface area contributed by atoms with Gasteiger partial charge >= 0.3 is 0 Å². The van der Waals surface area contributed by atoms with E-state index in [4.69, 9.17) is 5.11 Å². The van der Waals surface area contributed by atoms with Gasteiger partial charge in [0.15, 0.2) is 0 Å². The van der Waals surface area contributed by atoms with Crippen molar-refractivity contribution in [1.82, 2.24) is 0 Å². The first kappa shape index (κ1) is 12.4. The largest absolute Gasteiger partial charge is 0.393 e. The van der Waals surface area contributed by atoms with Gasteiger partial charge < -0.3 is 10.2 Å². The quantitative estimate of drug-likeness (QED) is 0.748. The Bertz CT molecular complexity index is 523. The second-order valence-electron chi connectivity index (χ2n) is 2.78. The van der Waals surface area contributed by atoms with E-state index in [1.54, 1.807) is 19.1 Å². The first-order valence-corrected chi connectivity index (χ1v) is 5.41. The summed E-state index contributed by atoms with van der Waals surface area (Å²) in [5, 5.41) is 18.1. The third-order valence-electron chi connectivity index (χ3n) is 1.63. The van der Waals surface area contributed by atoms with Crippen LogP contribution in [0.3, 0.4) is 0 Å². The number of rotatable bonds is 2. The molecule has 0 aliphatic carbocycles. The lowest BCUT2D eigenvalue weighted by atomic mass is 10.3. The van der Waals surface area contributed by atoms with Crippen molar-refractivity contribution >= 4 is 11.3 Å². The maximum atomic E-state index is 9.35. The third-order valence-corrected chi connectivity index (χ3v) is 2.73. The summed E-state index contributed by atoms with van der Waals surface area (Å²) < 4.78 is 0. The van der Waals surface area contributed by atoms with Gasteiger partial charge in [0.25, 0.3) is 0 Å².